The van der Waals surface area contributed by atoms with E-state index in [0.717, 1.165) is 0 Å². The molecular formula is C19H22N4O4S. The maximum atomic E-state index is 12.9. The van der Waals surface area contributed by atoms with Crippen LogP contribution in [0.25, 0.3) is 10.9 Å². The van der Waals surface area contributed by atoms with Crippen molar-refractivity contribution in [3.63, 3.8) is 0 Å². The number of thioether (sulfide) groups is 1. The molecule has 2 heterocycles. The number of urea groups is 1. The molecule has 0 bridgehead atoms. The van der Waals surface area contributed by atoms with Gasteiger partial charge in [-0.1, -0.05) is 23.9 Å². The van der Waals surface area contributed by atoms with Crippen LogP contribution in [-0.4, -0.2) is 40.5 Å². The summed E-state index contributed by atoms with van der Waals surface area (Å²) in [6.07, 6.45) is 0. The van der Waals surface area contributed by atoms with E-state index in [4.69, 9.17) is 4.74 Å². The molecule has 0 atom stereocenters. The normalized spacial score (nSPS) is 14.2. The molecule has 0 unspecified atom stereocenters. The predicted molar refractivity (Wildman–Crippen MR) is 107 cm³/mol. The lowest BCUT2D eigenvalue weighted by Gasteiger charge is -2.22. The number of ether oxygens (including phenoxy) is 1. The van der Waals surface area contributed by atoms with Crippen molar-refractivity contribution in [1.82, 2.24) is 20.2 Å². The standard InChI is InChI=1S/C19H22N4O4S/c1-4-27-17(25)13-9-20-18(26)21-15(13)10-28-19-22-14-8-6-5-7-12(14)16(24)23(19)11(2)3/h5-8,11H,4,9-10H2,1-3H3,(H2,20,21,26). The molecular weight excluding hydrogens is 380 g/mol. The van der Waals surface area contributed by atoms with E-state index in [-0.39, 0.29) is 36.5 Å². The Bertz CT molecular complexity index is 1010. The van der Waals surface area contributed by atoms with Gasteiger partial charge in [-0.3, -0.25) is 9.36 Å². The first-order valence-corrected chi connectivity index (χ1v) is 9.99. The lowest BCUT2D eigenvalue weighted by atomic mass is 10.2. The summed E-state index contributed by atoms with van der Waals surface area (Å²) >= 11 is 1.30. The van der Waals surface area contributed by atoms with E-state index in [2.05, 4.69) is 15.6 Å². The van der Waals surface area contributed by atoms with Gasteiger partial charge in [-0.15, -0.1) is 0 Å². The second-order valence-corrected chi connectivity index (χ2v) is 7.40. The fraction of sp³-hybridized carbons (Fsp3) is 0.368. The number of hydrogen-bond donors (Lipinski definition) is 2. The zero-order valence-electron chi connectivity index (χ0n) is 15.9. The molecule has 1 aliphatic rings. The highest BCUT2D eigenvalue weighted by Crippen LogP contribution is 2.24. The number of rotatable bonds is 6. The van der Waals surface area contributed by atoms with Gasteiger partial charge in [-0.05, 0) is 32.9 Å². The molecule has 3 rings (SSSR count). The fourth-order valence-corrected chi connectivity index (χ4v) is 4.00. The maximum absolute atomic E-state index is 12.9. The van der Waals surface area contributed by atoms with E-state index >= 15 is 0 Å². The van der Waals surface area contributed by atoms with Gasteiger partial charge in [0.05, 0.1) is 29.6 Å². The molecule has 0 radical (unpaired) electrons. The van der Waals surface area contributed by atoms with Crippen LogP contribution in [0, 0.1) is 0 Å². The molecule has 0 spiro atoms. The van der Waals surface area contributed by atoms with E-state index in [1.54, 1.807) is 23.6 Å². The minimum atomic E-state index is -0.474. The van der Waals surface area contributed by atoms with Crippen molar-refractivity contribution >= 4 is 34.7 Å². The number of fused-ring (bicyclic) bond motifs is 1. The lowest BCUT2D eigenvalue weighted by Crippen LogP contribution is -2.44. The molecule has 1 aromatic heterocycles. The average molecular weight is 402 g/mol. The number of nitrogens with one attached hydrogen (secondary N) is 2. The number of carbonyl (C=O) groups is 2. The molecule has 28 heavy (non-hydrogen) atoms. The van der Waals surface area contributed by atoms with Gasteiger partial charge < -0.3 is 15.4 Å². The third-order valence-electron chi connectivity index (χ3n) is 4.21. The summed E-state index contributed by atoms with van der Waals surface area (Å²) in [6.45, 7) is 5.90. The van der Waals surface area contributed by atoms with Crippen LogP contribution in [0.5, 0.6) is 0 Å². The fourth-order valence-electron chi connectivity index (χ4n) is 2.89. The monoisotopic (exact) mass is 402 g/mol. The second kappa shape index (κ2) is 8.47. The number of esters is 1. The second-order valence-electron chi connectivity index (χ2n) is 6.45. The van der Waals surface area contributed by atoms with E-state index in [9.17, 15) is 14.4 Å². The Balaban J connectivity index is 1.97. The molecule has 0 saturated heterocycles. The molecule has 0 aliphatic carbocycles. The zero-order valence-corrected chi connectivity index (χ0v) is 16.8. The number of hydrogen-bond acceptors (Lipinski definition) is 6. The Morgan fingerprint density at radius 3 is 2.79 bits per heavy atom. The Morgan fingerprint density at radius 2 is 2.07 bits per heavy atom. The van der Waals surface area contributed by atoms with Gasteiger partial charge in [0.1, 0.15) is 0 Å². The Kier molecular flexibility index (Phi) is 6.03. The third-order valence-corrected chi connectivity index (χ3v) is 5.19. The first-order chi connectivity index (χ1) is 13.4. The molecule has 1 aliphatic heterocycles. The van der Waals surface area contributed by atoms with E-state index < -0.39 is 5.97 Å². The van der Waals surface area contributed by atoms with Crippen LogP contribution in [-0.2, 0) is 9.53 Å². The summed E-state index contributed by atoms with van der Waals surface area (Å²) in [5.74, 6) is -0.197. The van der Waals surface area contributed by atoms with Crippen LogP contribution >= 0.6 is 11.8 Å². The van der Waals surface area contributed by atoms with Gasteiger partial charge >= 0.3 is 12.0 Å². The van der Waals surface area contributed by atoms with Gasteiger partial charge in [0, 0.05) is 17.5 Å². The number of para-hydroxylation sites is 1. The highest BCUT2D eigenvalue weighted by Gasteiger charge is 2.24. The molecule has 0 fully saturated rings. The summed E-state index contributed by atoms with van der Waals surface area (Å²) in [4.78, 5) is 41.4. The largest absolute Gasteiger partial charge is 0.463 e. The molecule has 2 aromatic rings. The molecule has 2 amide bonds. The summed E-state index contributed by atoms with van der Waals surface area (Å²) in [5, 5.41) is 6.33. The first kappa shape index (κ1) is 19.9. The molecule has 148 valence electrons. The molecule has 1 aromatic carbocycles. The van der Waals surface area contributed by atoms with Crippen LogP contribution in [0.2, 0.25) is 0 Å². The van der Waals surface area contributed by atoms with Crippen molar-refractivity contribution in [2.75, 3.05) is 18.9 Å². The third kappa shape index (κ3) is 4.04. The SMILES string of the molecule is CCOC(=O)C1=C(CSc2nc3ccccc3c(=O)n2C(C)C)NC(=O)NC1. The highest BCUT2D eigenvalue weighted by atomic mass is 32.2. The van der Waals surface area contributed by atoms with Crippen LogP contribution < -0.4 is 16.2 Å². The Labute approximate surface area is 166 Å². The molecule has 9 heteroatoms. The summed E-state index contributed by atoms with van der Waals surface area (Å²) in [5.41, 5.74) is 1.33. The topological polar surface area (TPSA) is 102 Å². The van der Waals surface area contributed by atoms with Gasteiger partial charge in [-0.2, -0.15) is 0 Å². The lowest BCUT2D eigenvalue weighted by molar-refractivity contribution is -0.138. The number of carbonyl (C=O) groups excluding carboxylic acids is 2. The molecule has 0 saturated carbocycles. The van der Waals surface area contributed by atoms with Crippen LogP contribution in [0.15, 0.2) is 45.5 Å². The van der Waals surface area contributed by atoms with Crippen molar-refractivity contribution in [3.05, 3.63) is 45.9 Å². The van der Waals surface area contributed by atoms with Gasteiger partial charge in [0.2, 0.25) is 0 Å². The van der Waals surface area contributed by atoms with E-state index in [1.807, 2.05) is 26.0 Å². The van der Waals surface area contributed by atoms with Gasteiger partial charge in [0.15, 0.2) is 5.16 Å². The van der Waals surface area contributed by atoms with Crippen molar-refractivity contribution in [2.24, 2.45) is 0 Å². The highest BCUT2D eigenvalue weighted by molar-refractivity contribution is 7.99. The summed E-state index contributed by atoms with van der Waals surface area (Å²) in [7, 11) is 0. The van der Waals surface area contributed by atoms with E-state index in [1.165, 1.54) is 11.8 Å². The predicted octanol–water partition coefficient (Wildman–Crippen LogP) is 2.20. The van der Waals surface area contributed by atoms with Crippen molar-refractivity contribution in [1.29, 1.82) is 0 Å². The molecule has 8 nitrogen and oxygen atoms in total. The van der Waals surface area contributed by atoms with Crippen LogP contribution in [0.1, 0.15) is 26.8 Å². The first-order valence-electron chi connectivity index (χ1n) is 9.00. The number of benzene rings is 1. The summed E-state index contributed by atoms with van der Waals surface area (Å²) < 4.78 is 6.69. The number of nitrogens with zero attached hydrogens (tertiary/aromatic N) is 2. The van der Waals surface area contributed by atoms with Crippen molar-refractivity contribution < 1.29 is 14.3 Å². The van der Waals surface area contributed by atoms with Crippen LogP contribution in [0.3, 0.4) is 0 Å². The quantitative estimate of drug-likeness (QED) is 0.436. The van der Waals surface area contributed by atoms with Crippen LogP contribution in [0.4, 0.5) is 4.79 Å². The maximum Gasteiger partial charge on any atom is 0.337 e. The average Bonchev–Trinajstić information content (AvgIpc) is 2.66. The van der Waals surface area contributed by atoms with Gasteiger partial charge in [0.25, 0.3) is 5.56 Å². The number of aromatic nitrogens is 2. The smallest absolute Gasteiger partial charge is 0.337 e. The number of amides is 2. The minimum absolute atomic E-state index is 0.0896. The van der Waals surface area contributed by atoms with Crippen molar-refractivity contribution in [3.8, 4) is 0 Å². The van der Waals surface area contributed by atoms with Crippen molar-refractivity contribution in [2.45, 2.75) is 32.0 Å². The Morgan fingerprint density at radius 1 is 1.32 bits per heavy atom. The Hall–Kier alpha value is -2.81. The summed E-state index contributed by atoms with van der Waals surface area (Å²) in [6, 6.07) is 6.72. The zero-order chi connectivity index (χ0) is 20.3. The van der Waals surface area contributed by atoms with Gasteiger partial charge in [-0.25, -0.2) is 14.6 Å². The minimum Gasteiger partial charge on any atom is -0.463 e. The van der Waals surface area contributed by atoms with E-state index in [0.29, 0.717) is 27.3 Å². The molecule has 2 N–H and O–H groups in total.